The van der Waals surface area contributed by atoms with Gasteiger partial charge in [0, 0.05) is 44.8 Å². The zero-order valence-electron chi connectivity index (χ0n) is 17.5. The second-order valence-corrected chi connectivity index (χ2v) is 10.0. The third kappa shape index (κ3) is 6.71. The van der Waals surface area contributed by atoms with Crippen molar-refractivity contribution >= 4 is 16.0 Å². The van der Waals surface area contributed by atoms with Crippen LogP contribution in [0.1, 0.15) is 46.5 Å². The number of halogens is 3. The maximum absolute atomic E-state index is 12.7. The Morgan fingerprint density at radius 2 is 1.83 bits per heavy atom. The van der Waals surface area contributed by atoms with Crippen molar-refractivity contribution in [3.05, 3.63) is 0 Å². The molecule has 0 aromatic heterocycles. The molecular weight excluding hydrogens is 407 g/mol. The first-order chi connectivity index (χ1) is 13.5. The number of piperidine rings is 2. The number of hydrogen-bond donors (Lipinski definition) is 2. The molecule has 170 valence electrons. The second kappa shape index (κ2) is 10.3. The quantitative estimate of drug-likeness (QED) is 0.487. The average molecular weight is 442 g/mol. The molecule has 2 aliphatic rings. The number of guanidine groups is 1. The van der Waals surface area contributed by atoms with Gasteiger partial charge in [-0.2, -0.15) is 17.5 Å². The first kappa shape index (κ1) is 24.2. The van der Waals surface area contributed by atoms with E-state index < -0.39 is 15.5 Å². The number of aliphatic imine (C=N–C) groups is 1. The fourth-order valence-electron chi connectivity index (χ4n) is 3.84. The molecule has 2 rings (SSSR count). The number of sulfonamides is 1. The van der Waals surface area contributed by atoms with Gasteiger partial charge in [-0.05, 0) is 58.9 Å². The molecule has 1 atom stereocenters. The predicted molar refractivity (Wildman–Crippen MR) is 108 cm³/mol. The van der Waals surface area contributed by atoms with E-state index in [4.69, 9.17) is 0 Å². The topological polar surface area (TPSA) is 77.0 Å². The highest BCUT2D eigenvalue weighted by molar-refractivity contribution is 7.90. The maximum atomic E-state index is 12.7. The largest absolute Gasteiger partial charge is 0.511 e. The number of likely N-dealkylation sites (tertiary alicyclic amines) is 1. The van der Waals surface area contributed by atoms with Gasteiger partial charge in [0.15, 0.2) is 5.96 Å². The molecule has 0 spiro atoms. The van der Waals surface area contributed by atoms with Gasteiger partial charge >= 0.3 is 15.5 Å². The van der Waals surface area contributed by atoms with E-state index in [0.29, 0.717) is 48.2 Å². The summed E-state index contributed by atoms with van der Waals surface area (Å²) in [4.78, 5) is 7.15. The van der Waals surface area contributed by atoms with Gasteiger partial charge < -0.3 is 15.5 Å². The lowest BCUT2D eigenvalue weighted by Crippen LogP contribution is -2.51. The van der Waals surface area contributed by atoms with E-state index in [1.54, 1.807) is 0 Å². The number of nitrogens with one attached hydrogen (secondary N) is 2. The Bertz CT molecular complexity index is 646. The third-order valence-corrected chi connectivity index (χ3v) is 7.19. The van der Waals surface area contributed by atoms with E-state index in [1.165, 1.54) is 0 Å². The van der Waals surface area contributed by atoms with E-state index in [9.17, 15) is 21.6 Å². The standard InChI is InChI=1S/C18H34F3N5O2S/c1-4-22-17(23-12-15-6-5-9-25(13-15)14(2)3)24-16-7-10-26(11-8-16)29(27,28)18(19,20)21/h14-16H,4-13H2,1-3H3,(H2,22,23,24). The molecule has 2 fully saturated rings. The summed E-state index contributed by atoms with van der Waals surface area (Å²) in [5.74, 6) is 1.13. The SMILES string of the molecule is CCNC(=NCC1CCCN(C(C)C)C1)NC1CCN(S(=O)(=O)C(F)(F)F)CC1. The summed E-state index contributed by atoms with van der Waals surface area (Å²) in [6.07, 6.45) is 2.92. The number of rotatable bonds is 6. The molecule has 0 amide bonds. The fraction of sp³-hybridized carbons (Fsp3) is 0.944. The van der Waals surface area contributed by atoms with E-state index in [2.05, 4.69) is 34.4 Å². The number of nitrogens with zero attached hydrogens (tertiary/aromatic N) is 3. The highest BCUT2D eigenvalue weighted by Gasteiger charge is 2.50. The van der Waals surface area contributed by atoms with Gasteiger partial charge in [0.2, 0.25) is 0 Å². The highest BCUT2D eigenvalue weighted by Crippen LogP contribution is 2.29. The minimum absolute atomic E-state index is 0.106. The van der Waals surface area contributed by atoms with Crippen molar-refractivity contribution in [1.82, 2.24) is 19.8 Å². The summed E-state index contributed by atoms with van der Waals surface area (Å²) < 4.78 is 61.7. The van der Waals surface area contributed by atoms with E-state index in [-0.39, 0.29) is 19.1 Å². The summed E-state index contributed by atoms with van der Waals surface area (Å²) in [5, 5.41) is 6.45. The minimum Gasteiger partial charge on any atom is -0.357 e. The molecule has 0 aromatic carbocycles. The van der Waals surface area contributed by atoms with Crippen LogP contribution in [0.2, 0.25) is 0 Å². The fourth-order valence-corrected chi connectivity index (χ4v) is 4.82. The van der Waals surface area contributed by atoms with Crippen LogP contribution < -0.4 is 10.6 Å². The first-order valence-electron chi connectivity index (χ1n) is 10.4. The Hall–Kier alpha value is -1.07. The zero-order valence-corrected chi connectivity index (χ0v) is 18.3. The van der Waals surface area contributed by atoms with Gasteiger partial charge in [0.05, 0.1) is 0 Å². The molecule has 2 aliphatic heterocycles. The van der Waals surface area contributed by atoms with Crippen LogP contribution in [-0.4, -0.2) is 80.4 Å². The highest BCUT2D eigenvalue weighted by atomic mass is 32.2. The van der Waals surface area contributed by atoms with Crippen molar-refractivity contribution < 1.29 is 21.6 Å². The molecular formula is C18H34F3N5O2S. The van der Waals surface area contributed by atoms with Crippen molar-refractivity contribution in [2.45, 2.75) is 64.0 Å². The van der Waals surface area contributed by atoms with Gasteiger partial charge in [-0.25, -0.2) is 8.42 Å². The molecule has 0 aliphatic carbocycles. The van der Waals surface area contributed by atoms with Crippen molar-refractivity contribution in [2.24, 2.45) is 10.9 Å². The van der Waals surface area contributed by atoms with Crippen LogP contribution in [0, 0.1) is 5.92 Å². The summed E-state index contributed by atoms with van der Waals surface area (Å²) in [5.41, 5.74) is -5.24. The van der Waals surface area contributed by atoms with E-state index in [0.717, 1.165) is 25.9 Å². The molecule has 0 bridgehead atoms. The molecule has 0 aromatic rings. The van der Waals surface area contributed by atoms with Crippen LogP contribution in [-0.2, 0) is 10.0 Å². The summed E-state index contributed by atoms with van der Waals surface area (Å²) >= 11 is 0. The van der Waals surface area contributed by atoms with Gasteiger partial charge in [0.1, 0.15) is 0 Å². The van der Waals surface area contributed by atoms with E-state index >= 15 is 0 Å². The molecule has 7 nitrogen and oxygen atoms in total. The van der Waals surface area contributed by atoms with Gasteiger partial charge in [-0.3, -0.25) is 4.99 Å². The van der Waals surface area contributed by atoms with Crippen LogP contribution in [0.15, 0.2) is 4.99 Å². The van der Waals surface area contributed by atoms with Crippen molar-refractivity contribution in [1.29, 1.82) is 0 Å². The summed E-state index contributed by atoms with van der Waals surface area (Å²) in [6, 6.07) is 0.414. The Morgan fingerprint density at radius 3 is 2.38 bits per heavy atom. The minimum atomic E-state index is -5.24. The van der Waals surface area contributed by atoms with Crippen LogP contribution in [0.3, 0.4) is 0 Å². The van der Waals surface area contributed by atoms with Gasteiger partial charge in [0.25, 0.3) is 0 Å². The molecule has 2 N–H and O–H groups in total. The normalized spacial score (nSPS) is 24.1. The van der Waals surface area contributed by atoms with Gasteiger partial charge in [-0.1, -0.05) is 0 Å². The van der Waals surface area contributed by atoms with Gasteiger partial charge in [-0.15, -0.1) is 0 Å². The first-order valence-corrected chi connectivity index (χ1v) is 11.8. The Morgan fingerprint density at radius 1 is 1.17 bits per heavy atom. The predicted octanol–water partition coefficient (Wildman–Crippen LogP) is 1.98. The van der Waals surface area contributed by atoms with Crippen LogP contribution in [0.5, 0.6) is 0 Å². The Labute approximate surface area is 172 Å². The molecule has 0 radical (unpaired) electrons. The van der Waals surface area contributed by atoms with E-state index in [1.807, 2.05) is 6.92 Å². The molecule has 29 heavy (non-hydrogen) atoms. The average Bonchev–Trinajstić information content (AvgIpc) is 2.66. The molecule has 11 heteroatoms. The molecule has 0 saturated carbocycles. The van der Waals surface area contributed by atoms with Crippen LogP contribution in [0.4, 0.5) is 13.2 Å². The molecule has 2 saturated heterocycles. The third-order valence-electron chi connectivity index (χ3n) is 5.56. The smallest absolute Gasteiger partial charge is 0.357 e. The van der Waals surface area contributed by atoms with Crippen molar-refractivity contribution in [3.8, 4) is 0 Å². The second-order valence-electron chi connectivity index (χ2n) is 8.09. The Balaban J connectivity index is 1.88. The molecule has 1 unspecified atom stereocenters. The van der Waals surface area contributed by atoms with Crippen molar-refractivity contribution in [3.63, 3.8) is 0 Å². The maximum Gasteiger partial charge on any atom is 0.511 e. The number of hydrogen-bond acceptors (Lipinski definition) is 4. The van der Waals surface area contributed by atoms with Crippen LogP contribution in [0.25, 0.3) is 0 Å². The molecule has 2 heterocycles. The lowest BCUT2D eigenvalue weighted by Gasteiger charge is -2.35. The lowest BCUT2D eigenvalue weighted by molar-refractivity contribution is -0.0494. The van der Waals surface area contributed by atoms with Crippen LogP contribution >= 0.6 is 0 Å². The zero-order chi connectivity index (χ0) is 21.7. The number of alkyl halides is 3. The Kier molecular flexibility index (Phi) is 8.59. The summed E-state index contributed by atoms with van der Waals surface area (Å²) in [7, 11) is -5.24. The lowest BCUT2D eigenvalue weighted by atomic mass is 9.97. The summed E-state index contributed by atoms with van der Waals surface area (Å²) in [6.45, 7) is 9.57. The van der Waals surface area contributed by atoms with Crippen molar-refractivity contribution in [2.75, 3.05) is 39.3 Å². The monoisotopic (exact) mass is 441 g/mol.